The van der Waals surface area contributed by atoms with Crippen LogP contribution >= 0.6 is 0 Å². The van der Waals surface area contributed by atoms with E-state index in [4.69, 9.17) is 0 Å². The van der Waals surface area contributed by atoms with Gasteiger partial charge in [-0.25, -0.2) is 0 Å². The molecule has 1 N–H and O–H groups in total. The summed E-state index contributed by atoms with van der Waals surface area (Å²) >= 11 is 0. The zero-order chi connectivity index (χ0) is 7.84. The van der Waals surface area contributed by atoms with Crippen LogP contribution in [0.15, 0.2) is 23.1 Å². The molecule has 0 radical (unpaired) electrons. The van der Waals surface area contributed by atoms with Crippen LogP contribution in [0, 0.1) is 0 Å². The molecule has 2 heterocycles. The first kappa shape index (κ1) is 6.46. The third-order valence-corrected chi connectivity index (χ3v) is 1.87. The van der Waals surface area contributed by atoms with Crippen molar-refractivity contribution in [1.82, 2.24) is 4.57 Å². The fourth-order valence-corrected chi connectivity index (χ4v) is 1.39. The van der Waals surface area contributed by atoms with Gasteiger partial charge in [0.15, 0.2) is 5.43 Å². The van der Waals surface area contributed by atoms with Crippen molar-refractivity contribution in [3.8, 4) is 0 Å². The Hall–Kier alpha value is -1.25. The Kier molecular flexibility index (Phi) is 1.24. The van der Waals surface area contributed by atoms with Crippen molar-refractivity contribution in [1.29, 1.82) is 0 Å². The predicted octanol–water partition coefficient (Wildman–Crippen LogP) is 0.662. The normalized spacial score (nSPS) is 21.0. The molecule has 11 heavy (non-hydrogen) atoms. The van der Waals surface area contributed by atoms with Crippen LogP contribution in [-0.4, -0.2) is 10.6 Å². The zero-order valence-corrected chi connectivity index (χ0v) is 6.37. The molecule has 0 fully saturated rings. The number of aromatic nitrogens is 1. The maximum absolute atomic E-state index is 10.9. The highest BCUT2D eigenvalue weighted by Crippen LogP contribution is 2.14. The van der Waals surface area contributed by atoms with E-state index in [0.717, 1.165) is 12.4 Å². The van der Waals surface area contributed by atoms with Crippen molar-refractivity contribution < 1.29 is 0 Å². The zero-order valence-electron chi connectivity index (χ0n) is 6.37. The van der Waals surface area contributed by atoms with Crippen molar-refractivity contribution in [2.24, 2.45) is 0 Å². The maximum atomic E-state index is 10.9. The Balaban J connectivity index is 2.51. The fraction of sp³-hybridized carbons (Fsp3) is 0.375. The quantitative estimate of drug-likeness (QED) is 0.589. The average molecular weight is 150 g/mol. The van der Waals surface area contributed by atoms with Crippen LogP contribution in [0.25, 0.3) is 0 Å². The maximum Gasteiger partial charge on any atom is 0.183 e. The molecule has 3 nitrogen and oxygen atoms in total. The third kappa shape index (κ3) is 1.02. The third-order valence-electron chi connectivity index (χ3n) is 1.87. The molecule has 0 aromatic carbocycles. The molecular formula is C8H10N2O. The molecule has 2 rings (SSSR count). The van der Waals surface area contributed by atoms with Crippen LogP contribution < -0.4 is 10.7 Å². The Labute approximate surface area is 64.7 Å². The van der Waals surface area contributed by atoms with Crippen molar-refractivity contribution in [3.05, 3.63) is 28.6 Å². The number of nitrogens with one attached hydrogen (secondary N) is 1. The lowest BCUT2D eigenvalue weighted by molar-refractivity contribution is 0.692. The van der Waals surface area contributed by atoms with Crippen molar-refractivity contribution in [3.63, 3.8) is 0 Å². The fourth-order valence-electron chi connectivity index (χ4n) is 1.39. The minimum absolute atomic E-state index is 0.0675. The lowest BCUT2D eigenvalue weighted by Gasteiger charge is -1.98. The van der Waals surface area contributed by atoms with Gasteiger partial charge in [-0.3, -0.25) is 4.79 Å². The summed E-state index contributed by atoms with van der Waals surface area (Å²) in [6, 6.07) is 3.66. The van der Waals surface area contributed by atoms with Crippen LogP contribution in [0.4, 0.5) is 5.82 Å². The summed E-state index contributed by atoms with van der Waals surface area (Å²) in [6.07, 6.45) is 1.83. The second-order valence-electron chi connectivity index (χ2n) is 2.95. The highest BCUT2D eigenvalue weighted by atomic mass is 16.1. The molecule has 0 amide bonds. The number of hydrogen-bond acceptors (Lipinski definition) is 2. The molecule has 0 saturated carbocycles. The van der Waals surface area contributed by atoms with Gasteiger partial charge in [0.2, 0.25) is 0 Å². The Morgan fingerprint density at radius 2 is 2.55 bits per heavy atom. The summed E-state index contributed by atoms with van der Waals surface area (Å²) in [5.74, 6) is 0.935. The molecule has 0 saturated heterocycles. The Morgan fingerprint density at radius 3 is 3.36 bits per heavy atom. The molecule has 0 aliphatic carbocycles. The highest BCUT2D eigenvalue weighted by molar-refractivity contribution is 5.39. The van der Waals surface area contributed by atoms with E-state index in [1.807, 2.05) is 10.8 Å². The first-order valence-corrected chi connectivity index (χ1v) is 3.73. The summed E-state index contributed by atoms with van der Waals surface area (Å²) in [4.78, 5) is 10.9. The number of fused-ring (bicyclic) bond motifs is 1. The number of hydrogen-bond donors (Lipinski definition) is 1. The number of anilines is 1. The number of pyridine rings is 1. The molecule has 58 valence electrons. The van der Waals surface area contributed by atoms with E-state index in [9.17, 15) is 4.79 Å². The van der Waals surface area contributed by atoms with Crippen LogP contribution in [0.3, 0.4) is 0 Å². The van der Waals surface area contributed by atoms with Gasteiger partial charge in [0.1, 0.15) is 5.82 Å². The topological polar surface area (TPSA) is 34.0 Å². The van der Waals surface area contributed by atoms with Gasteiger partial charge in [0, 0.05) is 30.9 Å². The second kappa shape index (κ2) is 2.12. The molecular weight excluding hydrogens is 140 g/mol. The molecule has 1 aromatic rings. The number of rotatable bonds is 0. The van der Waals surface area contributed by atoms with E-state index in [1.165, 1.54) is 0 Å². The van der Waals surface area contributed by atoms with Gasteiger partial charge < -0.3 is 9.88 Å². The van der Waals surface area contributed by atoms with E-state index in [2.05, 4.69) is 12.2 Å². The van der Waals surface area contributed by atoms with Gasteiger partial charge in [0.05, 0.1) is 0 Å². The molecule has 1 aromatic heterocycles. The van der Waals surface area contributed by atoms with E-state index in [0.29, 0.717) is 6.04 Å². The largest absolute Gasteiger partial charge is 0.367 e. The van der Waals surface area contributed by atoms with Gasteiger partial charge in [-0.15, -0.1) is 0 Å². The average Bonchev–Trinajstić information content (AvgIpc) is 2.27. The minimum Gasteiger partial charge on any atom is -0.367 e. The smallest absolute Gasteiger partial charge is 0.183 e. The van der Waals surface area contributed by atoms with Crippen LogP contribution in [0.2, 0.25) is 0 Å². The van der Waals surface area contributed by atoms with E-state index in [-0.39, 0.29) is 5.43 Å². The van der Waals surface area contributed by atoms with Crippen LogP contribution in [0.1, 0.15) is 6.92 Å². The van der Waals surface area contributed by atoms with E-state index in [1.54, 1.807) is 12.1 Å². The predicted molar refractivity (Wildman–Crippen MR) is 43.8 cm³/mol. The first-order valence-electron chi connectivity index (χ1n) is 3.73. The summed E-state index contributed by atoms with van der Waals surface area (Å²) < 4.78 is 2.05. The molecule has 3 heteroatoms. The van der Waals surface area contributed by atoms with Crippen LogP contribution in [0.5, 0.6) is 0 Å². The molecule has 1 aliphatic rings. The minimum atomic E-state index is 0.0675. The van der Waals surface area contributed by atoms with Crippen molar-refractivity contribution in [2.45, 2.75) is 19.5 Å². The Bertz CT molecular complexity index is 329. The Morgan fingerprint density at radius 1 is 1.73 bits per heavy atom. The molecule has 1 aliphatic heterocycles. The lowest BCUT2D eigenvalue weighted by Crippen LogP contribution is -2.09. The second-order valence-corrected chi connectivity index (χ2v) is 2.95. The number of nitrogens with zero attached hydrogens (tertiary/aromatic N) is 1. The SMILES string of the molecule is C[C@@H]1Cn2ccc(=O)cc2N1. The lowest BCUT2D eigenvalue weighted by atomic mass is 10.4. The molecule has 0 unspecified atom stereocenters. The monoisotopic (exact) mass is 150 g/mol. The standard InChI is InChI=1S/C8H10N2O/c1-6-5-10-3-2-7(11)4-8(10)9-6/h2-4,6,9H,5H2,1H3/t6-/m1/s1. The molecule has 0 spiro atoms. The van der Waals surface area contributed by atoms with E-state index >= 15 is 0 Å². The summed E-state index contributed by atoms with van der Waals surface area (Å²) in [7, 11) is 0. The van der Waals surface area contributed by atoms with Crippen molar-refractivity contribution in [2.75, 3.05) is 5.32 Å². The molecule has 1 atom stereocenters. The van der Waals surface area contributed by atoms with E-state index < -0.39 is 0 Å². The summed E-state index contributed by atoms with van der Waals surface area (Å²) in [5, 5.41) is 3.20. The first-order chi connectivity index (χ1) is 5.25. The summed E-state index contributed by atoms with van der Waals surface area (Å²) in [5.41, 5.74) is 0.0675. The summed E-state index contributed by atoms with van der Waals surface area (Å²) in [6.45, 7) is 3.05. The van der Waals surface area contributed by atoms with Crippen LogP contribution in [-0.2, 0) is 6.54 Å². The highest BCUT2D eigenvalue weighted by Gasteiger charge is 2.13. The van der Waals surface area contributed by atoms with Gasteiger partial charge in [0.25, 0.3) is 0 Å². The van der Waals surface area contributed by atoms with Gasteiger partial charge in [-0.05, 0) is 6.92 Å². The van der Waals surface area contributed by atoms with Gasteiger partial charge in [-0.1, -0.05) is 0 Å². The van der Waals surface area contributed by atoms with Crippen molar-refractivity contribution >= 4 is 5.82 Å². The van der Waals surface area contributed by atoms with Gasteiger partial charge >= 0.3 is 0 Å². The van der Waals surface area contributed by atoms with Gasteiger partial charge in [-0.2, -0.15) is 0 Å². The molecule has 0 bridgehead atoms.